The maximum absolute atomic E-state index is 14.8. The number of nitrogens with one attached hydrogen (secondary N) is 1. The van der Waals surface area contributed by atoms with Crippen molar-refractivity contribution in [1.29, 1.82) is 0 Å². The van der Waals surface area contributed by atoms with Gasteiger partial charge in [-0.15, -0.1) is 0 Å². The number of anilines is 2. The van der Waals surface area contributed by atoms with Crippen molar-refractivity contribution >= 4 is 43.4 Å². The number of fused-ring (bicyclic) bond motifs is 5. The number of morpholine rings is 1. The first-order chi connectivity index (χ1) is 21.9. The quantitative estimate of drug-likeness (QED) is 0.326. The van der Waals surface area contributed by atoms with Gasteiger partial charge in [0.05, 0.1) is 52.3 Å². The molecule has 2 unspecified atom stereocenters. The van der Waals surface area contributed by atoms with Gasteiger partial charge in [-0.25, -0.2) is 13.8 Å². The number of hydrogen-bond acceptors (Lipinski definition) is 11. The summed E-state index contributed by atoms with van der Waals surface area (Å²) in [6.45, 7) is 3.97. The van der Waals surface area contributed by atoms with Crippen LogP contribution in [-0.2, 0) is 4.74 Å². The van der Waals surface area contributed by atoms with Crippen molar-refractivity contribution in [3.05, 3.63) is 34.4 Å². The van der Waals surface area contributed by atoms with Gasteiger partial charge in [-0.1, -0.05) is 11.3 Å². The van der Waals surface area contributed by atoms with Crippen LogP contribution in [0.5, 0.6) is 6.01 Å². The van der Waals surface area contributed by atoms with Crippen molar-refractivity contribution in [2.75, 3.05) is 56.6 Å². The van der Waals surface area contributed by atoms with Gasteiger partial charge in [0.2, 0.25) is 0 Å². The molecule has 14 heteroatoms. The minimum Gasteiger partial charge on any atom is -0.461 e. The molecule has 3 N–H and O–H groups in total. The number of halogens is 2. The Morgan fingerprint density at radius 3 is 2.78 bits per heavy atom. The molecule has 1 aromatic carbocycles. The Morgan fingerprint density at radius 1 is 1.16 bits per heavy atom. The molecule has 0 spiro atoms. The molecule has 45 heavy (non-hydrogen) atoms. The van der Waals surface area contributed by atoms with Crippen LogP contribution in [0.4, 0.5) is 19.7 Å². The molecular weight excluding hydrogens is 602 g/mol. The smallest absolute Gasteiger partial charge is 0.319 e. The second-order valence-electron chi connectivity index (χ2n) is 13.1. The summed E-state index contributed by atoms with van der Waals surface area (Å²) in [6.07, 6.45) is 3.14. The Bertz CT molecular complexity index is 1880. The van der Waals surface area contributed by atoms with E-state index < -0.39 is 12.0 Å². The zero-order valence-electron chi connectivity index (χ0n) is 24.7. The molecule has 5 aliphatic rings. The number of piperazine rings is 1. The van der Waals surface area contributed by atoms with Crippen molar-refractivity contribution in [3.8, 4) is 17.3 Å². The van der Waals surface area contributed by atoms with Crippen LogP contribution < -0.4 is 26.2 Å². The first kappa shape index (κ1) is 27.8. The summed E-state index contributed by atoms with van der Waals surface area (Å²) in [5, 5.41) is 4.17. The highest BCUT2D eigenvalue weighted by molar-refractivity contribution is 7.22. The largest absolute Gasteiger partial charge is 0.461 e. The highest BCUT2D eigenvalue weighted by Gasteiger charge is 2.49. The number of benzene rings is 1. The second-order valence-corrected chi connectivity index (χ2v) is 14.2. The van der Waals surface area contributed by atoms with E-state index in [-0.39, 0.29) is 47.0 Å². The first-order valence-corrected chi connectivity index (χ1v) is 16.6. The van der Waals surface area contributed by atoms with Gasteiger partial charge in [0, 0.05) is 37.7 Å². The van der Waals surface area contributed by atoms with Crippen LogP contribution in [0.1, 0.15) is 38.1 Å². The fourth-order valence-electron chi connectivity index (χ4n) is 8.06. The molecule has 11 nitrogen and oxygen atoms in total. The average Bonchev–Trinajstić information content (AvgIpc) is 3.53. The number of nitrogen functional groups attached to an aromatic ring is 1. The Hall–Kier alpha value is -3.46. The number of hydrogen-bond donors (Lipinski definition) is 2. The highest BCUT2D eigenvalue weighted by atomic mass is 32.1. The first-order valence-electron chi connectivity index (χ1n) is 15.8. The average molecular weight is 637 g/mol. The van der Waals surface area contributed by atoms with E-state index in [1.54, 1.807) is 6.07 Å². The molecule has 2 bridgehead atoms. The lowest BCUT2D eigenvalue weighted by Crippen LogP contribution is -2.64. The molecule has 0 amide bonds. The van der Waals surface area contributed by atoms with Crippen molar-refractivity contribution < 1.29 is 18.3 Å². The predicted octanol–water partition coefficient (Wildman–Crippen LogP) is 3.26. The van der Waals surface area contributed by atoms with Crippen LogP contribution in [0, 0.1) is 5.82 Å². The lowest BCUT2D eigenvalue weighted by molar-refractivity contribution is 0.0522. The third-order valence-corrected chi connectivity index (χ3v) is 11.1. The Balaban J connectivity index is 1.24. The molecule has 0 radical (unpaired) electrons. The van der Waals surface area contributed by atoms with Crippen molar-refractivity contribution in [2.24, 2.45) is 0 Å². The van der Waals surface area contributed by atoms with Gasteiger partial charge in [-0.05, 0) is 50.4 Å². The number of ether oxygens (including phenoxy) is 2. The summed E-state index contributed by atoms with van der Waals surface area (Å²) >= 11 is 1.09. The molecule has 5 fully saturated rings. The maximum atomic E-state index is 14.8. The molecular formula is C31H34F2N8O3S. The van der Waals surface area contributed by atoms with Gasteiger partial charge in [0.15, 0.2) is 5.13 Å². The van der Waals surface area contributed by atoms with Crippen LogP contribution in [0.2, 0.25) is 0 Å². The molecule has 7 heterocycles. The summed E-state index contributed by atoms with van der Waals surface area (Å²) in [5.41, 5.74) is 7.56. The molecule has 1 aliphatic carbocycles. The maximum Gasteiger partial charge on any atom is 0.319 e. The van der Waals surface area contributed by atoms with Crippen LogP contribution in [-0.4, -0.2) is 94.2 Å². The number of alkyl halides is 1. The SMILES string of the molecule is Nc1nc2c(-c3cc4nc(OC[C@@]56CCCN5C[C@H](F)C6)nc(N5C6CNCC5COC6)c4c(=O)n3C3CC3)ccc(F)c2s1. The van der Waals surface area contributed by atoms with Gasteiger partial charge in [0.1, 0.15) is 29.8 Å². The molecule has 4 atom stereocenters. The molecule has 9 rings (SSSR count). The van der Waals surface area contributed by atoms with E-state index in [1.807, 2.05) is 10.6 Å². The zero-order chi connectivity index (χ0) is 30.4. The van der Waals surface area contributed by atoms with Crippen molar-refractivity contribution in [1.82, 2.24) is 29.7 Å². The van der Waals surface area contributed by atoms with Crippen LogP contribution in [0.25, 0.3) is 32.4 Å². The topological polar surface area (TPSA) is 124 Å². The molecule has 3 aromatic heterocycles. The summed E-state index contributed by atoms with van der Waals surface area (Å²) < 4.78 is 43.8. The number of nitrogens with zero attached hydrogens (tertiary/aromatic N) is 6. The summed E-state index contributed by atoms with van der Waals surface area (Å²) in [4.78, 5) is 33.3. The highest BCUT2D eigenvalue weighted by Crippen LogP contribution is 2.43. The zero-order valence-corrected chi connectivity index (χ0v) is 25.5. The fraction of sp³-hybridized carbons (Fsp3) is 0.548. The van der Waals surface area contributed by atoms with E-state index in [0.29, 0.717) is 77.5 Å². The van der Waals surface area contributed by atoms with E-state index in [1.165, 1.54) is 6.07 Å². The van der Waals surface area contributed by atoms with E-state index in [9.17, 15) is 13.6 Å². The lowest BCUT2D eigenvalue weighted by Gasteiger charge is -2.46. The Labute approximate surface area is 261 Å². The van der Waals surface area contributed by atoms with Crippen LogP contribution in [0.3, 0.4) is 0 Å². The monoisotopic (exact) mass is 636 g/mol. The molecule has 4 saturated heterocycles. The Kier molecular flexibility index (Phi) is 6.35. The van der Waals surface area contributed by atoms with E-state index >= 15 is 0 Å². The number of nitrogens with two attached hydrogens (primary N) is 1. The third kappa shape index (κ3) is 4.43. The number of pyridine rings is 1. The lowest BCUT2D eigenvalue weighted by atomic mass is 9.95. The van der Waals surface area contributed by atoms with Gasteiger partial charge < -0.3 is 30.0 Å². The number of rotatable bonds is 6. The van der Waals surface area contributed by atoms with Gasteiger partial charge in [-0.2, -0.15) is 9.97 Å². The van der Waals surface area contributed by atoms with E-state index in [2.05, 4.69) is 20.1 Å². The molecule has 1 saturated carbocycles. The normalized spacial score (nSPS) is 28.3. The van der Waals surface area contributed by atoms with Crippen molar-refractivity contribution in [2.45, 2.75) is 61.9 Å². The molecule has 4 aliphatic heterocycles. The standard InChI is InChI=1S/C31H34F2N8O3S/c32-16-9-31(6-1-7-39(31)12-16)15-44-30-36-22-8-23(20-4-5-21(33)26-25(20)37-29(34)45-26)41(17-2-3-17)28(42)24(22)27(38-30)40-18-10-35-11-19(40)14-43-13-18/h4-5,8,16-19,35H,1-3,6-7,9-15H2,(H2,34,37)/t16-,18?,19?,31+/m1/s1. The van der Waals surface area contributed by atoms with Gasteiger partial charge in [-0.3, -0.25) is 9.69 Å². The third-order valence-electron chi connectivity index (χ3n) is 10.2. The van der Waals surface area contributed by atoms with Crippen LogP contribution in [0.15, 0.2) is 23.0 Å². The summed E-state index contributed by atoms with van der Waals surface area (Å²) in [7, 11) is 0. The fourth-order valence-corrected chi connectivity index (χ4v) is 8.82. The van der Waals surface area contributed by atoms with Gasteiger partial charge in [0.25, 0.3) is 5.56 Å². The van der Waals surface area contributed by atoms with Crippen LogP contribution >= 0.6 is 11.3 Å². The minimum absolute atomic E-state index is 0.00563. The van der Waals surface area contributed by atoms with Crippen molar-refractivity contribution in [3.63, 3.8) is 0 Å². The molecule has 236 valence electrons. The summed E-state index contributed by atoms with van der Waals surface area (Å²) in [6, 6.07) is 5.08. The predicted molar refractivity (Wildman–Crippen MR) is 167 cm³/mol. The number of thiazole rings is 1. The van der Waals surface area contributed by atoms with E-state index in [4.69, 9.17) is 25.2 Å². The second kappa shape index (κ2) is 10.3. The Morgan fingerprint density at radius 2 is 1.98 bits per heavy atom. The molecule has 4 aromatic rings. The minimum atomic E-state index is -0.877. The van der Waals surface area contributed by atoms with E-state index in [0.717, 1.165) is 43.6 Å². The number of aromatic nitrogens is 4. The van der Waals surface area contributed by atoms with Gasteiger partial charge >= 0.3 is 6.01 Å². The summed E-state index contributed by atoms with van der Waals surface area (Å²) in [5.74, 6) is 0.137.